The first kappa shape index (κ1) is 12.9. The molecule has 0 saturated heterocycles. The summed E-state index contributed by atoms with van der Waals surface area (Å²) in [6.07, 6.45) is 1.65. The number of aromatic nitrogens is 2. The van der Waals surface area contributed by atoms with Gasteiger partial charge in [-0.1, -0.05) is 29.3 Å². The standard InChI is InChI=1S/C13H11Cl2N3S/c14-8-2-1-7(10(15)6-8)5-11-9-3-4-16-12(9)18-13(19)17-11/h1-2,6H,3-5H2,(H2,16,17,18,19). The Hall–Kier alpha value is -1.10. The third-order valence-corrected chi connectivity index (χ3v) is 3.95. The number of halogens is 2. The first-order chi connectivity index (χ1) is 9.13. The minimum Gasteiger partial charge on any atom is -0.369 e. The lowest BCUT2D eigenvalue weighted by molar-refractivity contribution is 0.971. The molecule has 1 aromatic heterocycles. The monoisotopic (exact) mass is 311 g/mol. The van der Waals surface area contributed by atoms with Crippen molar-refractivity contribution in [3.63, 3.8) is 0 Å². The predicted molar refractivity (Wildman–Crippen MR) is 80.9 cm³/mol. The number of hydrogen-bond donors (Lipinski definition) is 2. The zero-order valence-electron chi connectivity index (χ0n) is 9.96. The Balaban J connectivity index is 2.02. The van der Waals surface area contributed by atoms with Gasteiger partial charge in [-0.2, -0.15) is 0 Å². The number of nitrogens with zero attached hydrogens (tertiary/aromatic N) is 1. The fourth-order valence-corrected chi connectivity index (χ4v) is 2.96. The Kier molecular flexibility index (Phi) is 3.48. The third-order valence-electron chi connectivity index (χ3n) is 3.17. The Bertz CT molecular complexity index is 697. The first-order valence-electron chi connectivity index (χ1n) is 5.93. The molecule has 0 spiro atoms. The quantitative estimate of drug-likeness (QED) is 0.823. The van der Waals surface area contributed by atoms with Gasteiger partial charge >= 0.3 is 0 Å². The van der Waals surface area contributed by atoms with Crippen LogP contribution in [0.3, 0.4) is 0 Å². The van der Waals surface area contributed by atoms with E-state index in [0.29, 0.717) is 21.2 Å². The van der Waals surface area contributed by atoms with E-state index in [-0.39, 0.29) is 0 Å². The van der Waals surface area contributed by atoms with Gasteiger partial charge in [-0.3, -0.25) is 0 Å². The van der Waals surface area contributed by atoms with Crippen LogP contribution in [0.4, 0.5) is 5.82 Å². The second kappa shape index (κ2) is 5.12. The number of benzene rings is 1. The van der Waals surface area contributed by atoms with Crippen molar-refractivity contribution in [1.82, 2.24) is 9.97 Å². The minimum atomic E-state index is 0.494. The van der Waals surface area contributed by atoms with Crippen molar-refractivity contribution in [3.05, 3.63) is 49.8 Å². The van der Waals surface area contributed by atoms with Crippen molar-refractivity contribution in [1.29, 1.82) is 0 Å². The minimum absolute atomic E-state index is 0.494. The number of fused-ring (bicyclic) bond motifs is 1. The van der Waals surface area contributed by atoms with E-state index < -0.39 is 0 Å². The Labute approximate surface area is 126 Å². The molecule has 0 atom stereocenters. The van der Waals surface area contributed by atoms with E-state index in [1.807, 2.05) is 12.1 Å². The first-order valence-corrected chi connectivity index (χ1v) is 7.10. The normalized spacial score (nSPS) is 13.2. The van der Waals surface area contributed by atoms with E-state index in [4.69, 9.17) is 35.4 Å². The summed E-state index contributed by atoms with van der Waals surface area (Å²) in [5.74, 6) is 0.892. The van der Waals surface area contributed by atoms with Gasteiger partial charge in [0.25, 0.3) is 0 Å². The lowest BCUT2D eigenvalue weighted by atomic mass is 10.0. The molecule has 0 saturated carbocycles. The van der Waals surface area contributed by atoms with Gasteiger partial charge in [0.1, 0.15) is 5.82 Å². The maximum Gasteiger partial charge on any atom is 0.198 e. The maximum atomic E-state index is 6.21. The van der Waals surface area contributed by atoms with E-state index in [9.17, 15) is 0 Å². The summed E-state index contributed by atoms with van der Waals surface area (Å²) in [6.45, 7) is 0.899. The number of nitrogens with one attached hydrogen (secondary N) is 2. The molecular weight excluding hydrogens is 301 g/mol. The Morgan fingerprint density at radius 2 is 2.16 bits per heavy atom. The number of anilines is 1. The molecule has 0 fully saturated rings. The molecule has 98 valence electrons. The maximum absolute atomic E-state index is 6.21. The molecule has 0 unspecified atom stereocenters. The van der Waals surface area contributed by atoms with Gasteiger partial charge in [0, 0.05) is 34.3 Å². The molecule has 2 heterocycles. The van der Waals surface area contributed by atoms with Crippen molar-refractivity contribution < 1.29 is 0 Å². The summed E-state index contributed by atoms with van der Waals surface area (Å²) in [5, 5.41) is 4.55. The Morgan fingerprint density at radius 3 is 2.95 bits per heavy atom. The summed E-state index contributed by atoms with van der Waals surface area (Å²) < 4.78 is 0.494. The van der Waals surface area contributed by atoms with Crippen molar-refractivity contribution in [3.8, 4) is 0 Å². The molecule has 3 nitrogen and oxygen atoms in total. The highest BCUT2D eigenvalue weighted by molar-refractivity contribution is 7.71. The van der Waals surface area contributed by atoms with Crippen LogP contribution < -0.4 is 5.32 Å². The van der Waals surface area contributed by atoms with E-state index in [1.54, 1.807) is 6.07 Å². The van der Waals surface area contributed by atoms with E-state index in [1.165, 1.54) is 5.56 Å². The smallest absolute Gasteiger partial charge is 0.198 e. The summed E-state index contributed by atoms with van der Waals surface area (Å²) in [6, 6.07) is 5.54. The third kappa shape index (κ3) is 2.61. The second-order valence-corrected chi connectivity index (χ2v) is 5.67. The molecule has 1 aliphatic heterocycles. The molecule has 0 radical (unpaired) electrons. The zero-order valence-corrected chi connectivity index (χ0v) is 12.3. The fraction of sp³-hybridized carbons (Fsp3) is 0.231. The van der Waals surface area contributed by atoms with Crippen LogP contribution in [0.2, 0.25) is 10.0 Å². The van der Waals surface area contributed by atoms with Gasteiger partial charge in [0.05, 0.1) is 0 Å². The Morgan fingerprint density at radius 1 is 1.32 bits per heavy atom. The van der Waals surface area contributed by atoms with E-state index in [2.05, 4.69) is 15.3 Å². The average molecular weight is 312 g/mol. The van der Waals surface area contributed by atoms with Gasteiger partial charge in [-0.05, 0) is 36.3 Å². The summed E-state index contributed by atoms with van der Waals surface area (Å²) in [5.41, 5.74) is 3.29. The van der Waals surface area contributed by atoms with Crippen molar-refractivity contribution >= 4 is 41.2 Å². The number of aromatic amines is 1. The summed E-state index contributed by atoms with van der Waals surface area (Å²) in [4.78, 5) is 7.46. The largest absolute Gasteiger partial charge is 0.369 e. The molecule has 0 amide bonds. The highest BCUT2D eigenvalue weighted by Gasteiger charge is 2.17. The van der Waals surface area contributed by atoms with Crippen LogP contribution in [0.5, 0.6) is 0 Å². The molecular formula is C13H11Cl2N3S. The number of rotatable bonds is 2. The molecule has 2 aromatic rings. The van der Waals surface area contributed by atoms with Crippen LogP contribution in [-0.2, 0) is 12.8 Å². The molecule has 19 heavy (non-hydrogen) atoms. The molecule has 0 aliphatic carbocycles. The van der Waals surface area contributed by atoms with Crippen LogP contribution in [0.15, 0.2) is 18.2 Å². The molecule has 1 aromatic carbocycles. The molecule has 1 aliphatic rings. The topological polar surface area (TPSA) is 40.7 Å². The number of hydrogen-bond acceptors (Lipinski definition) is 3. The van der Waals surface area contributed by atoms with Crippen LogP contribution in [0.25, 0.3) is 0 Å². The van der Waals surface area contributed by atoms with Gasteiger partial charge in [0.2, 0.25) is 0 Å². The highest BCUT2D eigenvalue weighted by atomic mass is 35.5. The van der Waals surface area contributed by atoms with Crippen LogP contribution in [0, 0.1) is 4.77 Å². The summed E-state index contributed by atoms with van der Waals surface area (Å²) in [7, 11) is 0. The van der Waals surface area contributed by atoms with Gasteiger partial charge in [-0.25, -0.2) is 4.98 Å². The van der Waals surface area contributed by atoms with Gasteiger partial charge in [-0.15, -0.1) is 0 Å². The van der Waals surface area contributed by atoms with Gasteiger partial charge < -0.3 is 10.3 Å². The van der Waals surface area contributed by atoms with Crippen molar-refractivity contribution in [2.45, 2.75) is 12.8 Å². The molecule has 3 rings (SSSR count). The predicted octanol–water partition coefficient (Wildman–Crippen LogP) is 4.00. The lowest BCUT2D eigenvalue weighted by Gasteiger charge is -2.09. The van der Waals surface area contributed by atoms with Gasteiger partial charge in [0.15, 0.2) is 4.77 Å². The highest BCUT2D eigenvalue weighted by Crippen LogP contribution is 2.27. The molecule has 2 N–H and O–H groups in total. The second-order valence-electron chi connectivity index (χ2n) is 4.44. The van der Waals surface area contributed by atoms with Crippen LogP contribution in [-0.4, -0.2) is 16.5 Å². The van der Waals surface area contributed by atoms with Crippen molar-refractivity contribution in [2.24, 2.45) is 0 Å². The SMILES string of the molecule is S=c1nc2c(c(Cc3ccc(Cl)cc3Cl)[nH]1)CCN2. The lowest BCUT2D eigenvalue weighted by Crippen LogP contribution is -2.01. The average Bonchev–Trinajstić information content (AvgIpc) is 2.80. The van der Waals surface area contributed by atoms with E-state index in [0.717, 1.165) is 30.0 Å². The fourth-order valence-electron chi connectivity index (χ4n) is 2.27. The van der Waals surface area contributed by atoms with Crippen LogP contribution >= 0.6 is 35.4 Å². The van der Waals surface area contributed by atoms with Crippen LogP contribution in [0.1, 0.15) is 16.8 Å². The number of H-pyrrole nitrogens is 1. The van der Waals surface area contributed by atoms with E-state index >= 15 is 0 Å². The molecule has 6 heteroatoms. The zero-order chi connectivity index (χ0) is 13.4. The molecule has 0 bridgehead atoms. The van der Waals surface area contributed by atoms with Crippen molar-refractivity contribution in [2.75, 3.05) is 11.9 Å². The summed E-state index contributed by atoms with van der Waals surface area (Å²) >= 11 is 17.3.